The van der Waals surface area contributed by atoms with E-state index in [9.17, 15) is 9.59 Å². The lowest BCUT2D eigenvalue weighted by Crippen LogP contribution is -2.34. The van der Waals surface area contributed by atoms with Crippen molar-refractivity contribution in [1.29, 1.82) is 0 Å². The number of carbonyl (C=O) groups excluding carboxylic acids is 1. The Balaban J connectivity index is 2.62. The number of carboxylic acid groups (broad SMARTS) is 1. The molecule has 0 bridgehead atoms. The summed E-state index contributed by atoms with van der Waals surface area (Å²) in [6.45, 7) is 1.89. The molecule has 0 spiro atoms. The number of aromatic carboxylic acids is 1. The van der Waals surface area contributed by atoms with Gasteiger partial charge in [0.2, 0.25) is 0 Å². The molecule has 1 atom stereocenters. The fraction of sp³-hybridized carbons (Fsp3) is 0.444. The minimum Gasteiger partial charge on any atom is -0.476 e. The Morgan fingerprint density at radius 1 is 1.69 bits per heavy atom. The number of carboxylic acids is 1. The first-order valence-electron chi connectivity index (χ1n) is 4.53. The van der Waals surface area contributed by atoms with E-state index in [-0.39, 0.29) is 22.7 Å². The van der Waals surface area contributed by atoms with Gasteiger partial charge in [-0.2, -0.15) is 11.8 Å². The summed E-state index contributed by atoms with van der Waals surface area (Å²) in [7, 11) is 0. The van der Waals surface area contributed by atoms with Crippen molar-refractivity contribution < 1.29 is 14.7 Å². The average Bonchev–Trinajstić information content (AvgIpc) is 2.66. The highest BCUT2D eigenvalue weighted by Crippen LogP contribution is 2.10. The zero-order valence-corrected chi connectivity index (χ0v) is 10.5. The molecule has 1 heterocycles. The van der Waals surface area contributed by atoms with Gasteiger partial charge in [-0.3, -0.25) is 4.79 Å². The Hall–Kier alpha value is -1.08. The molecule has 0 radical (unpaired) electrons. The zero-order chi connectivity index (χ0) is 12.1. The molecule has 5 nitrogen and oxygen atoms in total. The van der Waals surface area contributed by atoms with Crippen LogP contribution in [0.1, 0.15) is 27.2 Å². The molecule has 1 amide bonds. The van der Waals surface area contributed by atoms with Crippen LogP contribution in [0.4, 0.5) is 0 Å². The summed E-state index contributed by atoms with van der Waals surface area (Å²) in [6, 6.07) is 0.0414. The topological polar surface area (TPSA) is 79.3 Å². The molecule has 16 heavy (non-hydrogen) atoms. The van der Waals surface area contributed by atoms with E-state index in [0.717, 1.165) is 17.1 Å². The summed E-state index contributed by atoms with van der Waals surface area (Å²) in [6.07, 6.45) is 1.95. The van der Waals surface area contributed by atoms with Gasteiger partial charge in [-0.15, -0.1) is 11.3 Å². The van der Waals surface area contributed by atoms with Gasteiger partial charge < -0.3 is 10.4 Å². The number of hydrogen-bond acceptors (Lipinski definition) is 5. The molecule has 7 heteroatoms. The maximum absolute atomic E-state index is 11.6. The Labute approximate surface area is 101 Å². The molecule has 0 aromatic carbocycles. The molecule has 88 valence electrons. The molecule has 0 saturated heterocycles. The van der Waals surface area contributed by atoms with E-state index in [0.29, 0.717) is 0 Å². The van der Waals surface area contributed by atoms with E-state index in [2.05, 4.69) is 10.3 Å². The minimum absolute atomic E-state index is 0.0414. The second kappa shape index (κ2) is 5.86. The smallest absolute Gasteiger partial charge is 0.355 e. The normalized spacial score (nSPS) is 12.1. The Morgan fingerprint density at radius 3 is 2.88 bits per heavy atom. The Morgan fingerprint density at radius 2 is 2.38 bits per heavy atom. The van der Waals surface area contributed by atoms with Crippen LogP contribution in [0.3, 0.4) is 0 Å². The fourth-order valence-corrected chi connectivity index (χ4v) is 2.33. The summed E-state index contributed by atoms with van der Waals surface area (Å²) in [5.74, 6) is -0.630. The first-order valence-corrected chi connectivity index (χ1v) is 6.80. The number of carbonyl (C=O) groups is 2. The van der Waals surface area contributed by atoms with E-state index in [1.807, 2.05) is 13.2 Å². The number of nitrogens with one attached hydrogen (secondary N) is 1. The maximum atomic E-state index is 11.6. The zero-order valence-electron chi connectivity index (χ0n) is 8.89. The molecular formula is C9H12N2O3S2. The van der Waals surface area contributed by atoms with Crippen molar-refractivity contribution in [2.45, 2.75) is 13.0 Å². The van der Waals surface area contributed by atoms with Gasteiger partial charge in [0.15, 0.2) is 10.7 Å². The summed E-state index contributed by atoms with van der Waals surface area (Å²) >= 11 is 2.67. The van der Waals surface area contributed by atoms with Crippen molar-refractivity contribution in [2.24, 2.45) is 0 Å². The Kier molecular flexibility index (Phi) is 4.75. The lowest BCUT2D eigenvalue weighted by atomic mass is 10.4. The number of thioether (sulfide) groups is 1. The van der Waals surface area contributed by atoms with Gasteiger partial charge in [-0.1, -0.05) is 0 Å². The molecule has 0 aliphatic carbocycles. The number of nitrogens with zero attached hydrogens (tertiary/aromatic N) is 1. The molecular weight excluding hydrogens is 248 g/mol. The van der Waals surface area contributed by atoms with Crippen molar-refractivity contribution in [3.05, 3.63) is 16.1 Å². The molecule has 1 aromatic heterocycles. The lowest BCUT2D eigenvalue weighted by Gasteiger charge is -2.10. The van der Waals surface area contributed by atoms with Crippen molar-refractivity contribution in [1.82, 2.24) is 10.3 Å². The lowest BCUT2D eigenvalue weighted by molar-refractivity contribution is 0.0691. The third-order valence-electron chi connectivity index (χ3n) is 1.71. The van der Waals surface area contributed by atoms with Gasteiger partial charge in [0, 0.05) is 17.2 Å². The molecule has 0 aliphatic rings. The van der Waals surface area contributed by atoms with Crippen molar-refractivity contribution in [3.8, 4) is 0 Å². The van der Waals surface area contributed by atoms with Crippen LogP contribution in [0.2, 0.25) is 0 Å². The number of rotatable bonds is 5. The van der Waals surface area contributed by atoms with Gasteiger partial charge in [-0.05, 0) is 13.2 Å². The van der Waals surface area contributed by atoms with Crippen LogP contribution in [-0.2, 0) is 0 Å². The third-order valence-corrected chi connectivity index (χ3v) is 3.39. The van der Waals surface area contributed by atoms with Gasteiger partial charge in [0.25, 0.3) is 5.91 Å². The summed E-state index contributed by atoms with van der Waals surface area (Å²) in [5, 5.41) is 12.9. The number of aromatic nitrogens is 1. The van der Waals surface area contributed by atoms with Gasteiger partial charge >= 0.3 is 5.97 Å². The standard InChI is InChI=1S/C9H12N2O3S2/c1-5(3-15-2)10-7(12)8-11-6(4-16-8)9(13)14/h4-5H,3H2,1-2H3,(H,10,12)(H,13,14). The van der Waals surface area contributed by atoms with Crippen LogP contribution in [-0.4, -0.2) is 40.0 Å². The quantitative estimate of drug-likeness (QED) is 0.834. The number of amides is 1. The first-order chi connectivity index (χ1) is 7.54. The second-order valence-corrected chi connectivity index (χ2v) is 4.94. The fourth-order valence-electron chi connectivity index (χ4n) is 1.05. The molecule has 0 saturated carbocycles. The van der Waals surface area contributed by atoms with Crippen LogP contribution in [0.25, 0.3) is 0 Å². The van der Waals surface area contributed by atoms with E-state index in [1.165, 1.54) is 5.38 Å². The van der Waals surface area contributed by atoms with Crippen molar-refractivity contribution in [3.63, 3.8) is 0 Å². The third kappa shape index (κ3) is 3.49. The van der Waals surface area contributed by atoms with Gasteiger partial charge in [-0.25, -0.2) is 9.78 Å². The van der Waals surface area contributed by atoms with E-state index >= 15 is 0 Å². The Bertz CT molecular complexity index is 392. The summed E-state index contributed by atoms with van der Waals surface area (Å²) in [4.78, 5) is 25.9. The average molecular weight is 260 g/mol. The number of thiazole rings is 1. The van der Waals surface area contributed by atoms with Crippen LogP contribution < -0.4 is 5.32 Å². The largest absolute Gasteiger partial charge is 0.476 e. The summed E-state index contributed by atoms with van der Waals surface area (Å²) in [5.41, 5.74) is -0.0901. The highest BCUT2D eigenvalue weighted by Gasteiger charge is 2.15. The van der Waals surface area contributed by atoms with Crippen LogP contribution in [0.15, 0.2) is 5.38 Å². The van der Waals surface area contributed by atoms with E-state index < -0.39 is 5.97 Å². The molecule has 1 unspecified atom stereocenters. The number of hydrogen-bond donors (Lipinski definition) is 2. The van der Waals surface area contributed by atoms with Gasteiger partial charge in [0.05, 0.1) is 0 Å². The highest BCUT2D eigenvalue weighted by molar-refractivity contribution is 7.98. The van der Waals surface area contributed by atoms with Crippen LogP contribution >= 0.6 is 23.1 Å². The maximum Gasteiger partial charge on any atom is 0.355 e. The monoisotopic (exact) mass is 260 g/mol. The second-order valence-electron chi connectivity index (χ2n) is 3.17. The van der Waals surface area contributed by atoms with Gasteiger partial charge in [0.1, 0.15) is 0 Å². The first kappa shape index (κ1) is 13.0. The summed E-state index contributed by atoms with van der Waals surface area (Å²) < 4.78 is 0. The van der Waals surface area contributed by atoms with E-state index in [1.54, 1.807) is 11.8 Å². The molecule has 2 N–H and O–H groups in total. The minimum atomic E-state index is -1.12. The SMILES string of the molecule is CSCC(C)NC(=O)c1nc(C(=O)O)cs1. The molecule has 1 rings (SSSR count). The van der Waals surface area contributed by atoms with E-state index in [4.69, 9.17) is 5.11 Å². The van der Waals surface area contributed by atoms with Crippen LogP contribution in [0, 0.1) is 0 Å². The van der Waals surface area contributed by atoms with Crippen molar-refractivity contribution in [2.75, 3.05) is 12.0 Å². The highest BCUT2D eigenvalue weighted by atomic mass is 32.2. The van der Waals surface area contributed by atoms with Crippen LogP contribution in [0.5, 0.6) is 0 Å². The molecule has 0 fully saturated rings. The predicted molar refractivity (Wildman–Crippen MR) is 64.4 cm³/mol. The van der Waals surface area contributed by atoms with Crippen molar-refractivity contribution >= 4 is 35.0 Å². The molecule has 0 aliphatic heterocycles. The predicted octanol–water partition coefficient (Wildman–Crippen LogP) is 1.32. The molecule has 1 aromatic rings.